The van der Waals surface area contributed by atoms with E-state index in [4.69, 9.17) is 0 Å². The molecule has 2 amide bonds. The lowest BCUT2D eigenvalue weighted by Gasteiger charge is -2.15. The number of amides is 2. The van der Waals surface area contributed by atoms with E-state index in [9.17, 15) is 14.0 Å². The molecule has 0 heterocycles. The number of carbonyl (C=O) groups is 2. The number of halogens is 1. The molecule has 0 saturated heterocycles. The van der Waals surface area contributed by atoms with E-state index in [1.165, 1.54) is 17.0 Å². The normalized spacial score (nSPS) is 14.7. The Morgan fingerprint density at radius 3 is 2.67 bits per heavy atom. The Bertz CT molecular complexity index is 579. The molecule has 1 aliphatic carbocycles. The number of hydrogen-bond donors (Lipinski definition) is 1. The van der Waals surface area contributed by atoms with Crippen molar-refractivity contribution >= 4 is 17.4 Å². The molecule has 1 fully saturated rings. The van der Waals surface area contributed by atoms with Crippen LogP contribution in [-0.4, -0.2) is 36.3 Å². The molecule has 0 aromatic heterocycles. The van der Waals surface area contributed by atoms with E-state index in [1.807, 2.05) is 0 Å². The summed E-state index contributed by atoms with van der Waals surface area (Å²) in [7, 11) is 1.56. The van der Waals surface area contributed by atoms with Gasteiger partial charge in [0.15, 0.2) is 0 Å². The highest BCUT2D eigenvalue weighted by molar-refractivity contribution is 5.96. The second-order valence-electron chi connectivity index (χ2n) is 5.34. The van der Waals surface area contributed by atoms with Crippen LogP contribution in [0.5, 0.6) is 0 Å². The molecule has 1 aromatic carbocycles. The maximum atomic E-state index is 13.6. The first-order valence-corrected chi connectivity index (χ1v) is 6.95. The molecule has 0 unspecified atom stereocenters. The fraction of sp³-hybridized carbons (Fsp3) is 0.375. The van der Waals surface area contributed by atoms with Gasteiger partial charge in [0.1, 0.15) is 5.82 Å². The van der Waals surface area contributed by atoms with Gasteiger partial charge in [-0.1, -0.05) is 18.2 Å². The summed E-state index contributed by atoms with van der Waals surface area (Å²) >= 11 is 0. The maximum absolute atomic E-state index is 13.6. The van der Waals surface area contributed by atoms with Crippen molar-refractivity contribution < 1.29 is 14.0 Å². The van der Waals surface area contributed by atoms with E-state index in [0.717, 1.165) is 12.8 Å². The van der Waals surface area contributed by atoms with Crippen LogP contribution in [0.4, 0.5) is 4.39 Å². The standard InChI is InChI=1S/C16H19FN2O2/c1-11(13-5-3-4-6-14(13)17)9-16(21)19(2)10-15(20)18-12-7-8-12/h3-6,9,12H,7-8,10H2,1-2H3,(H,18,20). The van der Waals surface area contributed by atoms with E-state index < -0.39 is 0 Å². The van der Waals surface area contributed by atoms with Crippen LogP contribution in [0.15, 0.2) is 30.3 Å². The molecule has 2 rings (SSSR count). The summed E-state index contributed by atoms with van der Waals surface area (Å²) in [4.78, 5) is 25.0. The highest BCUT2D eigenvalue weighted by Gasteiger charge is 2.24. The summed E-state index contributed by atoms with van der Waals surface area (Å²) in [5.74, 6) is -0.847. The van der Waals surface area contributed by atoms with Gasteiger partial charge in [0.05, 0.1) is 6.54 Å². The van der Waals surface area contributed by atoms with Crippen molar-refractivity contribution in [2.45, 2.75) is 25.8 Å². The van der Waals surface area contributed by atoms with Crippen molar-refractivity contribution in [2.75, 3.05) is 13.6 Å². The lowest BCUT2D eigenvalue weighted by atomic mass is 10.1. The number of benzene rings is 1. The number of rotatable bonds is 5. The highest BCUT2D eigenvalue weighted by atomic mass is 19.1. The number of carbonyl (C=O) groups excluding carboxylic acids is 2. The first-order chi connectivity index (χ1) is 9.97. The molecule has 1 aliphatic rings. The monoisotopic (exact) mass is 290 g/mol. The Kier molecular flexibility index (Phi) is 4.73. The van der Waals surface area contributed by atoms with Gasteiger partial charge in [-0.15, -0.1) is 0 Å². The van der Waals surface area contributed by atoms with Crippen LogP contribution in [0, 0.1) is 5.82 Å². The molecule has 1 aromatic rings. The van der Waals surface area contributed by atoms with Gasteiger partial charge >= 0.3 is 0 Å². The molecule has 1 saturated carbocycles. The largest absolute Gasteiger partial charge is 0.352 e. The zero-order valence-electron chi connectivity index (χ0n) is 12.2. The molecule has 21 heavy (non-hydrogen) atoms. The van der Waals surface area contributed by atoms with Crippen molar-refractivity contribution in [3.8, 4) is 0 Å². The fourth-order valence-corrected chi connectivity index (χ4v) is 1.95. The Morgan fingerprint density at radius 1 is 1.38 bits per heavy atom. The molecule has 112 valence electrons. The molecule has 4 nitrogen and oxygen atoms in total. The van der Waals surface area contributed by atoms with Crippen LogP contribution in [0.1, 0.15) is 25.3 Å². The molecular formula is C16H19FN2O2. The molecular weight excluding hydrogens is 271 g/mol. The summed E-state index contributed by atoms with van der Waals surface area (Å²) < 4.78 is 13.6. The van der Waals surface area contributed by atoms with Gasteiger partial charge in [0.2, 0.25) is 11.8 Å². The van der Waals surface area contributed by atoms with Gasteiger partial charge in [-0.05, 0) is 31.4 Å². The Labute approximate surface area is 123 Å². The number of nitrogens with one attached hydrogen (secondary N) is 1. The van der Waals surface area contributed by atoms with Gasteiger partial charge in [-0.2, -0.15) is 0 Å². The quantitative estimate of drug-likeness (QED) is 0.843. The topological polar surface area (TPSA) is 49.4 Å². The molecule has 0 radical (unpaired) electrons. The number of likely N-dealkylation sites (N-methyl/N-ethyl adjacent to an activating group) is 1. The second kappa shape index (κ2) is 6.52. The van der Waals surface area contributed by atoms with Crippen LogP contribution >= 0.6 is 0 Å². The predicted molar refractivity (Wildman–Crippen MR) is 78.9 cm³/mol. The third-order valence-electron chi connectivity index (χ3n) is 3.34. The zero-order valence-corrected chi connectivity index (χ0v) is 12.2. The average molecular weight is 290 g/mol. The molecule has 0 atom stereocenters. The Hall–Kier alpha value is -2.17. The summed E-state index contributed by atoms with van der Waals surface area (Å²) in [6.45, 7) is 1.69. The molecule has 0 spiro atoms. The smallest absolute Gasteiger partial charge is 0.247 e. The van der Waals surface area contributed by atoms with E-state index >= 15 is 0 Å². The third-order valence-corrected chi connectivity index (χ3v) is 3.34. The van der Waals surface area contributed by atoms with Crippen molar-refractivity contribution in [1.29, 1.82) is 0 Å². The van der Waals surface area contributed by atoms with Crippen LogP contribution in [-0.2, 0) is 9.59 Å². The van der Waals surface area contributed by atoms with Crippen LogP contribution in [0.25, 0.3) is 5.57 Å². The molecule has 1 N–H and O–H groups in total. The average Bonchev–Trinajstić information content (AvgIpc) is 3.22. The second-order valence-corrected chi connectivity index (χ2v) is 5.34. The number of hydrogen-bond acceptors (Lipinski definition) is 2. The molecule has 0 aliphatic heterocycles. The van der Waals surface area contributed by atoms with E-state index in [-0.39, 0.29) is 30.2 Å². The third kappa shape index (κ3) is 4.41. The Balaban J connectivity index is 1.96. The van der Waals surface area contributed by atoms with E-state index in [1.54, 1.807) is 32.2 Å². The van der Waals surface area contributed by atoms with Crippen LogP contribution in [0.3, 0.4) is 0 Å². The van der Waals surface area contributed by atoms with Gasteiger partial charge in [-0.25, -0.2) is 4.39 Å². The first-order valence-electron chi connectivity index (χ1n) is 6.95. The van der Waals surface area contributed by atoms with Gasteiger partial charge < -0.3 is 10.2 Å². The minimum Gasteiger partial charge on any atom is -0.352 e. The fourth-order valence-electron chi connectivity index (χ4n) is 1.95. The zero-order chi connectivity index (χ0) is 15.4. The van der Waals surface area contributed by atoms with Gasteiger partial charge in [0, 0.05) is 24.7 Å². The molecule has 5 heteroatoms. The summed E-state index contributed by atoms with van der Waals surface area (Å²) in [6, 6.07) is 6.56. The SMILES string of the molecule is CC(=CC(=O)N(C)CC(=O)NC1CC1)c1ccccc1F. The summed E-state index contributed by atoms with van der Waals surface area (Å²) in [5.41, 5.74) is 0.925. The number of nitrogens with zero attached hydrogens (tertiary/aromatic N) is 1. The van der Waals surface area contributed by atoms with Crippen molar-refractivity contribution in [3.63, 3.8) is 0 Å². The predicted octanol–water partition coefficient (Wildman–Crippen LogP) is 1.97. The Morgan fingerprint density at radius 2 is 2.05 bits per heavy atom. The maximum Gasteiger partial charge on any atom is 0.247 e. The van der Waals surface area contributed by atoms with Crippen molar-refractivity contribution in [1.82, 2.24) is 10.2 Å². The van der Waals surface area contributed by atoms with Gasteiger partial charge in [-0.3, -0.25) is 9.59 Å². The summed E-state index contributed by atoms with van der Waals surface area (Å²) in [5, 5.41) is 2.82. The minimum absolute atomic E-state index is 0.0103. The number of allylic oxidation sites excluding steroid dienone is 1. The van der Waals surface area contributed by atoms with Crippen LogP contribution < -0.4 is 5.32 Å². The highest BCUT2D eigenvalue weighted by Crippen LogP contribution is 2.19. The lowest BCUT2D eigenvalue weighted by molar-refractivity contribution is -0.131. The lowest BCUT2D eigenvalue weighted by Crippen LogP contribution is -2.38. The van der Waals surface area contributed by atoms with E-state index in [2.05, 4.69) is 5.32 Å². The van der Waals surface area contributed by atoms with Crippen LogP contribution in [0.2, 0.25) is 0 Å². The van der Waals surface area contributed by atoms with Gasteiger partial charge in [0.25, 0.3) is 0 Å². The van der Waals surface area contributed by atoms with Crippen molar-refractivity contribution in [2.24, 2.45) is 0 Å². The minimum atomic E-state index is -0.367. The van der Waals surface area contributed by atoms with E-state index in [0.29, 0.717) is 11.1 Å². The molecule has 0 bridgehead atoms. The van der Waals surface area contributed by atoms with Crippen molar-refractivity contribution in [3.05, 3.63) is 41.7 Å². The summed E-state index contributed by atoms with van der Waals surface area (Å²) in [6.07, 6.45) is 3.37. The first kappa shape index (κ1) is 15.2.